The zero-order chi connectivity index (χ0) is 23.0. The molecule has 0 bridgehead atoms. The average Bonchev–Trinajstić information content (AvgIpc) is 2.69. The molecule has 3 N–H and O–H groups in total. The first-order valence-electron chi connectivity index (χ1n) is 10.3. The number of anilines is 2. The number of carbonyl (C=O) groups is 3. The van der Waals surface area contributed by atoms with Crippen LogP contribution in [0.5, 0.6) is 0 Å². The number of amides is 3. The van der Waals surface area contributed by atoms with Gasteiger partial charge in [-0.3, -0.25) is 14.4 Å². The van der Waals surface area contributed by atoms with Gasteiger partial charge in [0.1, 0.15) is 0 Å². The Kier molecular flexibility index (Phi) is 8.19. The minimum atomic E-state index is -0.325. The molecule has 0 unspecified atom stereocenters. The van der Waals surface area contributed by atoms with E-state index in [-0.39, 0.29) is 29.8 Å². The molecule has 0 aromatic heterocycles. The first kappa shape index (κ1) is 23.9. The summed E-state index contributed by atoms with van der Waals surface area (Å²) in [5, 5.41) is 8.82. The van der Waals surface area contributed by atoms with Crippen LogP contribution in [-0.4, -0.2) is 48.8 Å². The first-order chi connectivity index (χ1) is 14.5. The lowest BCUT2D eigenvalue weighted by Gasteiger charge is -2.20. The summed E-state index contributed by atoms with van der Waals surface area (Å²) in [5.41, 5.74) is 2.56. The lowest BCUT2D eigenvalue weighted by Crippen LogP contribution is -2.40. The Hall–Kier alpha value is -3.35. The number of benzene rings is 2. The van der Waals surface area contributed by atoms with Crippen molar-refractivity contribution < 1.29 is 14.4 Å². The lowest BCUT2D eigenvalue weighted by molar-refractivity contribution is -0.128. The van der Waals surface area contributed by atoms with Crippen molar-refractivity contribution in [2.24, 2.45) is 0 Å². The van der Waals surface area contributed by atoms with Crippen LogP contribution in [0.25, 0.3) is 0 Å². The van der Waals surface area contributed by atoms with Gasteiger partial charge in [-0.15, -0.1) is 0 Å². The highest BCUT2D eigenvalue weighted by atomic mass is 16.2. The molecule has 0 heterocycles. The second-order valence-electron chi connectivity index (χ2n) is 8.68. The number of nitrogens with one attached hydrogen (secondary N) is 3. The fourth-order valence-electron chi connectivity index (χ4n) is 2.85. The minimum Gasteiger partial charge on any atom is -0.376 e. The number of aryl methyl sites for hydroxylation is 1. The third-order valence-electron chi connectivity index (χ3n) is 4.40. The van der Waals surface area contributed by atoms with Gasteiger partial charge < -0.3 is 20.9 Å². The molecule has 0 radical (unpaired) electrons. The van der Waals surface area contributed by atoms with Crippen LogP contribution in [-0.2, 0) is 16.0 Å². The second-order valence-corrected chi connectivity index (χ2v) is 8.68. The van der Waals surface area contributed by atoms with Crippen molar-refractivity contribution >= 4 is 29.1 Å². The third-order valence-corrected chi connectivity index (χ3v) is 4.40. The highest BCUT2D eigenvalue weighted by molar-refractivity contribution is 5.96. The van der Waals surface area contributed by atoms with Crippen LogP contribution in [0.15, 0.2) is 48.5 Å². The van der Waals surface area contributed by atoms with Crippen molar-refractivity contribution in [1.82, 2.24) is 10.2 Å². The number of nitrogens with zero attached hydrogens (tertiary/aromatic N) is 1. The highest BCUT2D eigenvalue weighted by Gasteiger charge is 2.15. The van der Waals surface area contributed by atoms with Crippen LogP contribution in [0.2, 0.25) is 0 Å². The van der Waals surface area contributed by atoms with Crippen molar-refractivity contribution in [3.05, 3.63) is 59.7 Å². The van der Waals surface area contributed by atoms with Gasteiger partial charge >= 0.3 is 0 Å². The van der Waals surface area contributed by atoms with E-state index in [9.17, 15) is 14.4 Å². The normalized spacial score (nSPS) is 10.9. The Morgan fingerprint density at radius 3 is 2.29 bits per heavy atom. The molecule has 7 nitrogen and oxygen atoms in total. The maximum Gasteiger partial charge on any atom is 0.251 e. The molecule has 2 aromatic carbocycles. The van der Waals surface area contributed by atoms with Crippen molar-refractivity contribution in [3.63, 3.8) is 0 Å². The quantitative estimate of drug-likeness (QED) is 0.607. The minimum absolute atomic E-state index is 0.0632. The Balaban J connectivity index is 1.90. The van der Waals surface area contributed by atoms with Crippen molar-refractivity contribution in [3.8, 4) is 0 Å². The van der Waals surface area contributed by atoms with Gasteiger partial charge in [0.05, 0.1) is 6.54 Å². The molecule has 3 amide bonds. The summed E-state index contributed by atoms with van der Waals surface area (Å²) in [6, 6.07) is 14.5. The maximum atomic E-state index is 12.3. The largest absolute Gasteiger partial charge is 0.376 e. The molecule has 7 heteroatoms. The van der Waals surface area contributed by atoms with Gasteiger partial charge in [0, 0.05) is 43.0 Å². The Labute approximate surface area is 184 Å². The molecule has 0 aliphatic rings. The van der Waals surface area contributed by atoms with Crippen LogP contribution in [0, 0.1) is 0 Å². The molecular formula is C24H32N4O3. The molecule has 2 rings (SSSR count). The van der Waals surface area contributed by atoms with E-state index >= 15 is 0 Å². The molecule has 0 saturated heterocycles. The molecular weight excluding hydrogens is 392 g/mol. The molecule has 0 aliphatic heterocycles. The molecule has 0 saturated carbocycles. The van der Waals surface area contributed by atoms with Crippen LogP contribution < -0.4 is 16.0 Å². The Morgan fingerprint density at radius 1 is 0.935 bits per heavy atom. The second kappa shape index (κ2) is 10.6. The summed E-state index contributed by atoms with van der Waals surface area (Å²) in [7, 11) is 3.47. The first-order valence-corrected chi connectivity index (χ1v) is 10.3. The summed E-state index contributed by atoms with van der Waals surface area (Å²) in [6.07, 6.45) is 1.04. The van der Waals surface area contributed by atoms with E-state index < -0.39 is 0 Å². The molecule has 2 aromatic rings. The number of hydrogen-bond donors (Lipinski definition) is 3. The van der Waals surface area contributed by atoms with Gasteiger partial charge in [0.25, 0.3) is 5.91 Å². The summed E-state index contributed by atoms with van der Waals surface area (Å²) in [4.78, 5) is 38.0. The van der Waals surface area contributed by atoms with Gasteiger partial charge in [-0.1, -0.05) is 18.2 Å². The SMILES string of the molecule is CN(C)C(=O)CCc1cccc(NC(=O)CNc2cccc(C(=O)NC(C)(C)C)c2)c1. The standard InChI is InChI=1S/C24H32N4O3/c1-24(2,3)27-23(31)18-9-7-10-19(15-18)25-16-21(29)26-20-11-6-8-17(14-20)12-13-22(30)28(4)5/h6-11,14-15,25H,12-13,16H2,1-5H3,(H,26,29)(H,27,31). The summed E-state index contributed by atoms with van der Waals surface area (Å²) in [6.45, 7) is 5.83. The molecule has 0 spiro atoms. The monoisotopic (exact) mass is 424 g/mol. The fourth-order valence-corrected chi connectivity index (χ4v) is 2.85. The number of rotatable bonds is 8. The van der Waals surface area contributed by atoms with E-state index in [0.717, 1.165) is 5.56 Å². The van der Waals surface area contributed by atoms with Crippen LogP contribution in [0.1, 0.15) is 43.1 Å². The predicted molar refractivity (Wildman–Crippen MR) is 124 cm³/mol. The average molecular weight is 425 g/mol. The van der Waals surface area contributed by atoms with Crippen molar-refractivity contribution in [2.45, 2.75) is 39.2 Å². The van der Waals surface area contributed by atoms with Crippen LogP contribution in [0.3, 0.4) is 0 Å². The van der Waals surface area contributed by atoms with Crippen LogP contribution in [0.4, 0.5) is 11.4 Å². The fraction of sp³-hybridized carbons (Fsp3) is 0.375. The summed E-state index contributed by atoms with van der Waals surface area (Å²) >= 11 is 0. The molecule has 0 fully saturated rings. The number of carbonyl (C=O) groups excluding carboxylic acids is 3. The molecule has 0 aliphatic carbocycles. The van der Waals surface area contributed by atoms with Gasteiger partial charge in [0.15, 0.2) is 0 Å². The zero-order valence-corrected chi connectivity index (χ0v) is 18.9. The van der Waals surface area contributed by atoms with E-state index in [0.29, 0.717) is 29.8 Å². The summed E-state index contributed by atoms with van der Waals surface area (Å²) in [5.74, 6) is -0.298. The highest BCUT2D eigenvalue weighted by Crippen LogP contribution is 2.14. The third kappa shape index (κ3) is 8.50. The van der Waals surface area contributed by atoms with E-state index in [4.69, 9.17) is 0 Å². The Bertz CT molecular complexity index is 932. The van der Waals surface area contributed by atoms with E-state index in [1.165, 1.54) is 0 Å². The van der Waals surface area contributed by atoms with E-state index in [1.807, 2.05) is 51.1 Å². The van der Waals surface area contributed by atoms with Crippen molar-refractivity contribution in [2.75, 3.05) is 31.3 Å². The topological polar surface area (TPSA) is 90.5 Å². The van der Waals surface area contributed by atoms with Crippen molar-refractivity contribution in [1.29, 1.82) is 0 Å². The number of hydrogen-bond acceptors (Lipinski definition) is 4. The summed E-state index contributed by atoms with van der Waals surface area (Å²) < 4.78 is 0. The molecule has 166 valence electrons. The van der Waals surface area contributed by atoms with E-state index in [2.05, 4.69) is 16.0 Å². The molecule has 31 heavy (non-hydrogen) atoms. The van der Waals surface area contributed by atoms with Gasteiger partial charge in [-0.2, -0.15) is 0 Å². The maximum absolute atomic E-state index is 12.3. The van der Waals surface area contributed by atoms with Gasteiger partial charge in [0.2, 0.25) is 11.8 Å². The van der Waals surface area contributed by atoms with Crippen LogP contribution >= 0.6 is 0 Å². The van der Waals surface area contributed by atoms with Gasteiger partial charge in [-0.25, -0.2) is 0 Å². The Morgan fingerprint density at radius 2 is 1.61 bits per heavy atom. The van der Waals surface area contributed by atoms with E-state index in [1.54, 1.807) is 37.2 Å². The predicted octanol–water partition coefficient (Wildman–Crippen LogP) is 3.29. The van der Waals surface area contributed by atoms with Gasteiger partial charge in [-0.05, 0) is 63.1 Å². The lowest BCUT2D eigenvalue weighted by atomic mass is 10.1. The smallest absolute Gasteiger partial charge is 0.251 e. The zero-order valence-electron chi connectivity index (χ0n) is 18.9. The molecule has 0 atom stereocenters.